The van der Waals surface area contributed by atoms with Crippen molar-refractivity contribution in [1.82, 2.24) is 19.7 Å². The first kappa shape index (κ1) is 15.0. The summed E-state index contributed by atoms with van der Waals surface area (Å²) in [5.41, 5.74) is 1.01. The highest BCUT2D eigenvalue weighted by Gasteiger charge is 2.27. The lowest BCUT2D eigenvalue weighted by Gasteiger charge is -2.15. The molecule has 22 heavy (non-hydrogen) atoms. The van der Waals surface area contributed by atoms with Crippen LogP contribution in [0.3, 0.4) is 0 Å². The normalized spacial score (nSPS) is 17.9. The van der Waals surface area contributed by atoms with Crippen molar-refractivity contribution in [3.8, 4) is 11.4 Å². The van der Waals surface area contributed by atoms with Crippen molar-refractivity contribution in [1.29, 1.82) is 0 Å². The standard InChI is InChI=1S/C15H17BrN4O2/c1-10-17-18-14(12-2-4-13(16)5-3-12)20(10)9-11-6-7-19(8-11)15(21)22/h2-5,11H,6-9H2,1H3,(H,21,22)/t11-/m1/s1. The highest BCUT2D eigenvalue weighted by Crippen LogP contribution is 2.24. The molecule has 1 saturated heterocycles. The molecule has 1 fully saturated rings. The molecule has 116 valence electrons. The zero-order chi connectivity index (χ0) is 15.7. The Kier molecular flexibility index (Phi) is 4.15. The third-order valence-corrected chi connectivity index (χ3v) is 4.56. The minimum atomic E-state index is -0.837. The maximum absolute atomic E-state index is 11.0. The van der Waals surface area contributed by atoms with Crippen LogP contribution in [0.5, 0.6) is 0 Å². The van der Waals surface area contributed by atoms with Gasteiger partial charge in [-0.15, -0.1) is 10.2 Å². The number of hydrogen-bond acceptors (Lipinski definition) is 3. The number of halogens is 1. The van der Waals surface area contributed by atoms with Crippen LogP contribution in [0, 0.1) is 12.8 Å². The average molecular weight is 365 g/mol. The molecular formula is C15H17BrN4O2. The number of hydrogen-bond donors (Lipinski definition) is 1. The maximum Gasteiger partial charge on any atom is 0.407 e. The number of nitrogens with zero attached hydrogens (tertiary/aromatic N) is 4. The topological polar surface area (TPSA) is 71.2 Å². The lowest BCUT2D eigenvalue weighted by molar-refractivity contribution is 0.153. The Hall–Kier alpha value is -1.89. The Morgan fingerprint density at radius 2 is 2.09 bits per heavy atom. The molecule has 0 unspecified atom stereocenters. The minimum absolute atomic E-state index is 0.306. The van der Waals surface area contributed by atoms with Gasteiger partial charge in [-0.05, 0) is 31.4 Å². The summed E-state index contributed by atoms with van der Waals surface area (Å²) in [6.07, 6.45) is 0.0417. The first-order valence-electron chi connectivity index (χ1n) is 7.18. The summed E-state index contributed by atoms with van der Waals surface area (Å²) < 4.78 is 3.10. The van der Waals surface area contributed by atoms with Gasteiger partial charge in [0.25, 0.3) is 0 Å². The zero-order valence-corrected chi connectivity index (χ0v) is 13.8. The van der Waals surface area contributed by atoms with E-state index >= 15 is 0 Å². The first-order valence-corrected chi connectivity index (χ1v) is 7.97. The third-order valence-electron chi connectivity index (χ3n) is 4.04. The highest BCUT2D eigenvalue weighted by molar-refractivity contribution is 9.10. The van der Waals surface area contributed by atoms with Gasteiger partial charge >= 0.3 is 6.09 Å². The number of aryl methyl sites for hydroxylation is 1. The van der Waals surface area contributed by atoms with Crippen LogP contribution in [-0.2, 0) is 6.54 Å². The molecule has 1 aliphatic heterocycles. The van der Waals surface area contributed by atoms with Gasteiger partial charge in [-0.25, -0.2) is 4.79 Å². The van der Waals surface area contributed by atoms with Crippen molar-refractivity contribution in [3.05, 3.63) is 34.6 Å². The summed E-state index contributed by atoms with van der Waals surface area (Å²) in [5, 5.41) is 17.5. The summed E-state index contributed by atoms with van der Waals surface area (Å²) in [7, 11) is 0. The van der Waals surface area contributed by atoms with Crippen LogP contribution in [0.2, 0.25) is 0 Å². The van der Waals surface area contributed by atoms with Crippen LogP contribution in [0.25, 0.3) is 11.4 Å². The van der Waals surface area contributed by atoms with E-state index in [0.29, 0.717) is 19.0 Å². The molecule has 1 N–H and O–H groups in total. The number of rotatable bonds is 3. The third kappa shape index (κ3) is 2.99. The monoisotopic (exact) mass is 364 g/mol. The molecule has 3 rings (SSSR count). The molecule has 1 aliphatic rings. The average Bonchev–Trinajstić information content (AvgIpc) is 3.09. The summed E-state index contributed by atoms with van der Waals surface area (Å²) in [6.45, 7) is 3.86. The Bertz CT molecular complexity index is 683. The predicted octanol–water partition coefficient (Wildman–Crippen LogP) is 3.02. The molecule has 2 aromatic rings. The van der Waals surface area contributed by atoms with Gasteiger partial charge < -0.3 is 14.6 Å². The summed E-state index contributed by atoms with van der Waals surface area (Å²) in [4.78, 5) is 12.5. The Labute approximate surface area is 136 Å². The highest BCUT2D eigenvalue weighted by atomic mass is 79.9. The van der Waals surface area contributed by atoms with E-state index in [0.717, 1.165) is 34.7 Å². The molecule has 0 spiro atoms. The number of carbonyl (C=O) groups is 1. The fourth-order valence-electron chi connectivity index (χ4n) is 2.83. The SMILES string of the molecule is Cc1nnc(-c2ccc(Br)cc2)n1C[C@@H]1CCN(C(=O)O)C1. The quantitative estimate of drug-likeness (QED) is 0.908. The van der Waals surface area contributed by atoms with Crippen molar-refractivity contribution >= 4 is 22.0 Å². The van der Waals surface area contributed by atoms with Gasteiger partial charge in [-0.3, -0.25) is 0 Å². The van der Waals surface area contributed by atoms with E-state index in [1.807, 2.05) is 31.2 Å². The molecule has 1 atom stereocenters. The molecule has 7 heteroatoms. The molecule has 0 radical (unpaired) electrons. The second kappa shape index (κ2) is 6.08. The zero-order valence-electron chi connectivity index (χ0n) is 12.2. The molecule has 0 bridgehead atoms. The van der Waals surface area contributed by atoms with E-state index in [4.69, 9.17) is 5.11 Å². The molecule has 6 nitrogen and oxygen atoms in total. The van der Waals surface area contributed by atoms with Crippen molar-refractivity contribution in [2.45, 2.75) is 19.9 Å². The Balaban J connectivity index is 1.81. The van der Waals surface area contributed by atoms with Gasteiger partial charge in [0, 0.05) is 29.7 Å². The summed E-state index contributed by atoms with van der Waals surface area (Å²) >= 11 is 3.43. The van der Waals surface area contributed by atoms with E-state index in [2.05, 4.69) is 30.7 Å². The number of benzene rings is 1. The van der Waals surface area contributed by atoms with Crippen LogP contribution in [0.1, 0.15) is 12.2 Å². The van der Waals surface area contributed by atoms with E-state index in [1.54, 1.807) is 0 Å². The van der Waals surface area contributed by atoms with E-state index in [9.17, 15) is 4.79 Å². The largest absolute Gasteiger partial charge is 0.465 e. The van der Waals surface area contributed by atoms with Gasteiger partial charge in [0.2, 0.25) is 0 Å². The second-order valence-corrected chi connectivity index (χ2v) is 6.49. The van der Waals surface area contributed by atoms with Gasteiger partial charge in [0.05, 0.1) is 0 Å². The van der Waals surface area contributed by atoms with Crippen molar-refractivity contribution < 1.29 is 9.90 Å². The molecule has 0 aliphatic carbocycles. The number of likely N-dealkylation sites (tertiary alicyclic amines) is 1. The van der Waals surface area contributed by atoms with Crippen LogP contribution in [-0.4, -0.2) is 44.0 Å². The second-order valence-electron chi connectivity index (χ2n) is 5.57. The molecule has 1 amide bonds. The molecule has 2 heterocycles. The van der Waals surface area contributed by atoms with Crippen molar-refractivity contribution in [2.75, 3.05) is 13.1 Å². The van der Waals surface area contributed by atoms with Crippen LogP contribution >= 0.6 is 15.9 Å². The predicted molar refractivity (Wildman–Crippen MR) is 85.6 cm³/mol. The van der Waals surface area contributed by atoms with Gasteiger partial charge in [-0.1, -0.05) is 28.1 Å². The molecule has 1 aromatic carbocycles. The van der Waals surface area contributed by atoms with Crippen molar-refractivity contribution in [3.63, 3.8) is 0 Å². The van der Waals surface area contributed by atoms with Crippen LogP contribution in [0.4, 0.5) is 4.79 Å². The smallest absolute Gasteiger partial charge is 0.407 e. The van der Waals surface area contributed by atoms with Crippen molar-refractivity contribution in [2.24, 2.45) is 5.92 Å². The fourth-order valence-corrected chi connectivity index (χ4v) is 3.09. The first-order chi connectivity index (χ1) is 10.5. The van der Waals surface area contributed by atoms with Gasteiger partial charge in [-0.2, -0.15) is 0 Å². The van der Waals surface area contributed by atoms with E-state index in [1.165, 1.54) is 4.90 Å². The number of aromatic nitrogens is 3. The molecule has 0 saturated carbocycles. The van der Waals surface area contributed by atoms with Gasteiger partial charge in [0.15, 0.2) is 5.82 Å². The van der Waals surface area contributed by atoms with Gasteiger partial charge in [0.1, 0.15) is 5.82 Å². The minimum Gasteiger partial charge on any atom is -0.465 e. The van der Waals surface area contributed by atoms with Crippen LogP contribution < -0.4 is 0 Å². The van der Waals surface area contributed by atoms with Crippen LogP contribution in [0.15, 0.2) is 28.7 Å². The fraction of sp³-hybridized carbons (Fsp3) is 0.400. The number of amides is 1. The number of carboxylic acid groups (broad SMARTS) is 1. The van der Waals surface area contributed by atoms with E-state index < -0.39 is 6.09 Å². The Morgan fingerprint density at radius 3 is 2.73 bits per heavy atom. The Morgan fingerprint density at radius 1 is 1.36 bits per heavy atom. The summed E-state index contributed by atoms with van der Waals surface area (Å²) in [5.74, 6) is 1.99. The maximum atomic E-state index is 11.0. The molecular weight excluding hydrogens is 348 g/mol. The lowest BCUT2D eigenvalue weighted by Crippen LogP contribution is -2.27. The summed E-state index contributed by atoms with van der Waals surface area (Å²) in [6, 6.07) is 7.96. The molecule has 1 aromatic heterocycles. The van der Waals surface area contributed by atoms with E-state index in [-0.39, 0.29) is 0 Å². The lowest BCUT2D eigenvalue weighted by atomic mass is 10.1.